The molecule has 1 heterocycles. The van der Waals surface area contributed by atoms with E-state index in [9.17, 15) is 9.90 Å². The normalized spacial score (nSPS) is 11.5. The van der Waals surface area contributed by atoms with Crippen LogP contribution >= 0.6 is 11.6 Å². The highest BCUT2D eigenvalue weighted by Gasteiger charge is 2.19. The Bertz CT molecular complexity index is 1070. The fourth-order valence-corrected chi connectivity index (χ4v) is 3.17. The highest BCUT2D eigenvalue weighted by atomic mass is 35.5. The van der Waals surface area contributed by atoms with Crippen LogP contribution < -0.4 is 9.47 Å². The van der Waals surface area contributed by atoms with Crippen LogP contribution in [0.25, 0.3) is 10.9 Å². The van der Waals surface area contributed by atoms with Crippen molar-refractivity contribution in [3.05, 3.63) is 47.0 Å². The van der Waals surface area contributed by atoms with Gasteiger partial charge in [0.05, 0.1) is 19.7 Å². The summed E-state index contributed by atoms with van der Waals surface area (Å²) in [5.74, 6) is 0.266. The first-order valence-corrected chi connectivity index (χ1v) is 8.95. The number of fused-ring (bicyclic) bond motifs is 1. The van der Waals surface area contributed by atoms with E-state index in [1.165, 1.54) is 20.3 Å². The molecule has 146 valence electrons. The molecular formula is C20H20ClN3O4. The van der Waals surface area contributed by atoms with Gasteiger partial charge in [-0.15, -0.1) is 10.2 Å². The van der Waals surface area contributed by atoms with Crippen molar-refractivity contribution >= 4 is 34.1 Å². The van der Waals surface area contributed by atoms with E-state index in [0.29, 0.717) is 21.9 Å². The number of hydrogen-bond acceptors (Lipinski definition) is 5. The molecule has 0 saturated heterocycles. The van der Waals surface area contributed by atoms with Crippen molar-refractivity contribution < 1.29 is 19.4 Å². The van der Waals surface area contributed by atoms with Crippen LogP contribution in [0.1, 0.15) is 30.2 Å². The van der Waals surface area contributed by atoms with Crippen molar-refractivity contribution in [1.29, 1.82) is 0 Å². The number of methoxy groups -OCH3 is 2. The zero-order valence-electron chi connectivity index (χ0n) is 15.9. The second-order valence-corrected chi connectivity index (χ2v) is 6.81. The van der Waals surface area contributed by atoms with E-state index in [1.54, 1.807) is 34.9 Å². The summed E-state index contributed by atoms with van der Waals surface area (Å²) in [6, 6.07) is 9.90. The third kappa shape index (κ3) is 3.53. The van der Waals surface area contributed by atoms with Crippen LogP contribution in [0.3, 0.4) is 0 Å². The molecule has 0 aliphatic heterocycles. The minimum absolute atomic E-state index is 0.0193. The van der Waals surface area contributed by atoms with Crippen LogP contribution in [-0.4, -0.2) is 29.8 Å². The number of benzene rings is 2. The molecule has 7 nitrogen and oxygen atoms in total. The van der Waals surface area contributed by atoms with Gasteiger partial charge in [-0.3, -0.25) is 4.79 Å². The number of nitrogens with zero attached hydrogens (tertiary/aromatic N) is 3. The summed E-state index contributed by atoms with van der Waals surface area (Å²) in [5.41, 5.74) is 1.23. The maximum absolute atomic E-state index is 12.5. The Labute approximate surface area is 167 Å². The van der Waals surface area contributed by atoms with Gasteiger partial charge in [-0.2, -0.15) is 0 Å². The topological polar surface area (TPSA) is 85.4 Å². The zero-order chi connectivity index (χ0) is 20.4. The number of aromatic nitrogens is 1. The summed E-state index contributed by atoms with van der Waals surface area (Å²) in [6.45, 7) is 3.87. The Morgan fingerprint density at radius 2 is 1.82 bits per heavy atom. The molecule has 3 rings (SSSR count). The predicted octanol–water partition coefficient (Wildman–Crippen LogP) is 5.52. The van der Waals surface area contributed by atoms with Crippen molar-refractivity contribution in [3.8, 4) is 17.4 Å². The van der Waals surface area contributed by atoms with Crippen molar-refractivity contribution in [2.24, 2.45) is 10.2 Å². The number of ether oxygens (including phenoxy) is 2. The van der Waals surface area contributed by atoms with Gasteiger partial charge in [0, 0.05) is 22.0 Å². The van der Waals surface area contributed by atoms with Crippen molar-refractivity contribution in [2.75, 3.05) is 14.2 Å². The molecule has 0 bridgehead atoms. The minimum atomic E-state index is -0.576. The summed E-state index contributed by atoms with van der Waals surface area (Å²) in [6.07, 6.45) is 0. The van der Waals surface area contributed by atoms with Crippen LogP contribution in [-0.2, 0) is 0 Å². The average molecular weight is 402 g/mol. The molecule has 0 unspecified atom stereocenters. The van der Waals surface area contributed by atoms with Crippen LogP contribution in [0.5, 0.6) is 17.4 Å². The van der Waals surface area contributed by atoms with Crippen molar-refractivity contribution in [1.82, 2.24) is 4.57 Å². The van der Waals surface area contributed by atoms with Gasteiger partial charge in [-0.05, 0) is 50.2 Å². The monoisotopic (exact) mass is 401 g/mol. The molecule has 1 amide bonds. The first kappa shape index (κ1) is 19.7. The number of carbonyl (C=O) groups excluding carboxylic acids is 1. The molecule has 3 aromatic rings. The molecule has 2 aromatic carbocycles. The Morgan fingerprint density at radius 3 is 2.46 bits per heavy atom. The molecule has 8 heteroatoms. The summed E-state index contributed by atoms with van der Waals surface area (Å²) in [4.78, 5) is 12.5. The Kier molecular flexibility index (Phi) is 5.56. The molecule has 0 spiro atoms. The van der Waals surface area contributed by atoms with Crippen molar-refractivity contribution in [3.63, 3.8) is 0 Å². The zero-order valence-corrected chi connectivity index (χ0v) is 16.7. The minimum Gasteiger partial charge on any atom is -0.493 e. The number of rotatable bonds is 5. The van der Waals surface area contributed by atoms with Gasteiger partial charge < -0.3 is 19.1 Å². The van der Waals surface area contributed by atoms with E-state index in [1.807, 2.05) is 13.8 Å². The largest absolute Gasteiger partial charge is 0.493 e. The lowest BCUT2D eigenvalue weighted by Gasteiger charge is -2.10. The third-order valence-electron chi connectivity index (χ3n) is 4.30. The average Bonchev–Trinajstić information content (AvgIpc) is 2.96. The molecular weight excluding hydrogens is 382 g/mol. The van der Waals surface area contributed by atoms with E-state index in [-0.39, 0.29) is 23.2 Å². The maximum Gasteiger partial charge on any atom is 0.295 e. The molecule has 28 heavy (non-hydrogen) atoms. The number of halogens is 1. The fourth-order valence-electron chi connectivity index (χ4n) is 3.00. The van der Waals surface area contributed by atoms with Crippen LogP contribution in [0, 0.1) is 0 Å². The third-order valence-corrected chi connectivity index (χ3v) is 4.54. The highest BCUT2D eigenvalue weighted by Crippen LogP contribution is 2.42. The van der Waals surface area contributed by atoms with E-state index >= 15 is 0 Å². The van der Waals surface area contributed by atoms with Gasteiger partial charge in [-0.25, -0.2) is 0 Å². The molecule has 0 atom stereocenters. The standard InChI is InChI=1S/C20H20ClN3O4/c1-11(2)24-15-7-6-13(21)10-14(15)18(20(24)26)22-23-19(25)12-5-8-16(27-3)17(9-12)28-4/h5-11,26H,1-4H3. The number of hydrogen-bond donors (Lipinski definition) is 1. The quantitative estimate of drug-likeness (QED) is 0.570. The molecule has 0 fully saturated rings. The molecule has 1 aromatic heterocycles. The summed E-state index contributed by atoms with van der Waals surface area (Å²) >= 11 is 6.10. The number of azo groups is 1. The predicted molar refractivity (Wildman–Crippen MR) is 107 cm³/mol. The van der Waals surface area contributed by atoms with E-state index in [4.69, 9.17) is 21.1 Å². The molecule has 1 N–H and O–H groups in total. The molecule has 0 aliphatic carbocycles. The second kappa shape index (κ2) is 7.90. The lowest BCUT2D eigenvalue weighted by atomic mass is 10.2. The number of carbonyl (C=O) groups is 1. The summed E-state index contributed by atoms with van der Waals surface area (Å²) < 4.78 is 12.1. The summed E-state index contributed by atoms with van der Waals surface area (Å²) in [7, 11) is 2.99. The lowest BCUT2D eigenvalue weighted by molar-refractivity contribution is 0.0994. The van der Waals surface area contributed by atoms with Gasteiger partial charge in [0.2, 0.25) is 5.88 Å². The van der Waals surface area contributed by atoms with Gasteiger partial charge in [-0.1, -0.05) is 11.6 Å². The number of aromatic hydroxyl groups is 1. The van der Waals surface area contributed by atoms with Gasteiger partial charge in [0.25, 0.3) is 5.91 Å². The number of amides is 1. The Balaban J connectivity index is 2.03. The van der Waals surface area contributed by atoms with E-state index in [2.05, 4.69) is 10.2 Å². The second-order valence-electron chi connectivity index (χ2n) is 6.37. The van der Waals surface area contributed by atoms with Crippen LogP contribution in [0.15, 0.2) is 46.6 Å². The van der Waals surface area contributed by atoms with Crippen molar-refractivity contribution in [2.45, 2.75) is 19.9 Å². The first-order valence-electron chi connectivity index (χ1n) is 8.57. The maximum atomic E-state index is 12.5. The Hall–Kier alpha value is -3.06. The molecule has 0 aliphatic rings. The van der Waals surface area contributed by atoms with E-state index < -0.39 is 5.91 Å². The smallest absolute Gasteiger partial charge is 0.295 e. The van der Waals surface area contributed by atoms with Gasteiger partial charge in [0.1, 0.15) is 0 Å². The first-order chi connectivity index (χ1) is 13.4. The Morgan fingerprint density at radius 1 is 1.11 bits per heavy atom. The SMILES string of the molecule is COc1ccc(C(=O)N=Nc2c(O)n(C(C)C)c3ccc(Cl)cc23)cc1OC. The van der Waals surface area contributed by atoms with Crippen LogP contribution in [0.2, 0.25) is 5.02 Å². The van der Waals surface area contributed by atoms with Gasteiger partial charge in [0.15, 0.2) is 17.2 Å². The fraction of sp³-hybridized carbons (Fsp3) is 0.250. The molecule has 0 saturated carbocycles. The molecule has 0 radical (unpaired) electrons. The van der Waals surface area contributed by atoms with Gasteiger partial charge >= 0.3 is 0 Å². The van der Waals surface area contributed by atoms with Crippen LogP contribution in [0.4, 0.5) is 5.69 Å². The lowest BCUT2D eigenvalue weighted by Crippen LogP contribution is -1.99. The van der Waals surface area contributed by atoms with E-state index in [0.717, 1.165) is 5.52 Å². The summed E-state index contributed by atoms with van der Waals surface area (Å²) in [5, 5.41) is 19.5. The highest BCUT2D eigenvalue weighted by molar-refractivity contribution is 6.31.